The molecule has 1 aromatic heterocycles. The van der Waals surface area contributed by atoms with E-state index >= 15 is 0 Å². The number of aromatic nitrogens is 1. The zero-order valence-corrected chi connectivity index (χ0v) is 13.1. The fraction of sp³-hybridized carbons (Fsp3) is 0.167. The summed E-state index contributed by atoms with van der Waals surface area (Å²) in [6.07, 6.45) is -3.63. The normalized spacial score (nSPS) is 12.0. The third-order valence-electron chi connectivity index (χ3n) is 2.44. The molecule has 0 aliphatic heterocycles. The maximum Gasteiger partial charge on any atom is 0.434 e. The molecule has 124 valence electrons. The SMILES string of the molecule is CS(=O)(=O)Nc1cccc(C(=O)Nc2nc(C(F)(F)F)cs2)c1. The summed E-state index contributed by atoms with van der Waals surface area (Å²) < 4.78 is 61.8. The molecule has 2 aromatic rings. The van der Waals surface area contributed by atoms with Crippen molar-refractivity contribution in [3.8, 4) is 0 Å². The van der Waals surface area contributed by atoms with Crippen molar-refractivity contribution in [3.63, 3.8) is 0 Å². The van der Waals surface area contributed by atoms with E-state index in [-0.39, 0.29) is 16.4 Å². The summed E-state index contributed by atoms with van der Waals surface area (Å²) in [5.41, 5.74) is -0.858. The van der Waals surface area contributed by atoms with E-state index < -0.39 is 27.8 Å². The van der Waals surface area contributed by atoms with Crippen molar-refractivity contribution in [2.45, 2.75) is 6.18 Å². The number of hydrogen-bond donors (Lipinski definition) is 2. The standard InChI is InChI=1S/C12H10F3N3O3S2/c1-23(20,21)18-8-4-2-3-7(5-8)10(19)17-11-16-9(6-22-11)12(13,14)15/h2-6,18H,1H3,(H,16,17,19). The van der Waals surface area contributed by atoms with Gasteiger partial charge >= 0.3 is 6.18 Å². The molecule has 0 atom stereocenters. The average molecular weight is 365 g/mol. The first-order valence-corrected chi connectivity index (χ1v) is 8.73. The van der Waals surface area contributed by atoms with Crippen molar-refractivity contribution >= 4 is 38.1 Å². The summed E-state index contributed by atoms with van der Waals surface area (Å²) >= 11 is 0.639. The Morgan fingerprint density at radius 2 is 2.00 bits per heavy atom. The minimum Gasteiger partial charge on any atom is -0.298 e. The molecule has 1 heterocycles. The number of alkyl halides is 3. The van der Waals surface area contributed by atoms with Crippen LogP contribution in [0, 0.1) is 0 Å². The van der Waals surface area contributed by atoms with E-state index in [9.17, 15) is 26.4 Å². The number of hydrogen-bond acceptors (Lipinski definition) is 5. The number of carbonyl (C=O) groups is 1. The van der Waals surface area contributed by atoms with Gasteiger partial charge in [-0.15, -0.1) is 11.3 Å². The van der Waals surface area contributed by atoms with Gasteiger partial charge in [0.1, 0.15) is 0 Å². The molecule has 23 heavy (non-hydrogen) atoms. The minimum absolute atomic E-state index is 0.0717. The van der Waals surface area contributed by atoms with Crippen LogP contribution in [0.2, 0.25) is 0 Å². The molecule has 0 spiro atoms. The van der Waals surface area contributed by atoms with Crippen LogP contribution in [-0.4, -0.2) is 25.6 Å². The Labute approximate surface area is 133 Å². The number of anilines is 2. The van der Waals surface area contributed by atoms with Crippen LogP contribution in [0.15, 0.2) is 29.6 Å². The highest BCUT2D eigenvalue weighted by molar-refractivity contribution is 7.92. The van der Waals surface area contributed by atoms with Gasteiger partial charge in [-0.05, 0) is 18.2 Å². The lowest BCUT2D eigenvalue weighted by atomic mass is 10.2. The molecule has 2 rings (SSSR count). The smallest absolute Gasteiger partial charge is 0.298 e. The maximum absolute atomic E-state index is 12.4. The molecule has 0 saturated heterocycles. The summed E-state index contributed by atoms with van der Waals surface area (Å²) in [7, 11) is -3.51. The van der Waals surface area contributed by atoms with E-state index in [1.807, 2.05) is 0 Å². The van der Waals surface area contributed by atoms with Gasteiger partial charge in [-0.2, -0.15) is 13.2 Å². The average Bonchev–Trinajstić information content (AvgIpc) is 2.85. The first-order chi connectivity index (χ1) is 10.5. The van der Waals surface area contributed by atoms with Crippen LogP contribution >= 0.6 is 11.3 Å². The predicted octanol–water partition coefficient (Wildman–Crippen LogP) is 2.79. The number of benzene rings is 1. The van der Waals surface area contributed by atoms with Gasteiger partial charge in [0.2, 0.25) is 10.0 Å². The van der Waals surface area contributed by atoms with Crippen LogP contribution in [0.1, 0.15) is 16.1 Å². The van der Waals surface area contributed by atoms with Gasteiger partial charge < -0.3 is 0 Å². The zero-order valence-electron chi connectivity index (χ0n) is 11.5. The summed E-state index contributed by atoms with van der Waals surface area (Å²) in [4.78, 5) is 15.3. The Bertz CT molecular complexity index is 831. The Balaban J connectivity index is 2.15. The topological polar surface area (TPSA) is 88.2 Å². The van der Waals surface area contributed by atoms with Crippen molar-refractivity contribution in [2.75, 3.05) is 16.3 Å². The quantitative estimate of drug-likeness (QED) is 0.872. The van der Waals surface area contributed by atoms with Gasteiger partial charge in [-0.1, -0.05) is 6.07 Å². The van der Waals surface area contributed by atoms with Crippen molar-refractivity contribution in [1.29, 1.82) is 0 Å². The Morgan fingerprint density at radius 1 is 1.30 bits per heavy atom. The van der Waals surface area contributed by atoms with E-state index in [4.69, 9.17) is 0 Å². The number of sulfonamides is 1. The first kappa shape index (κ1) is 17.2. The molecule has 0 unspecified atom stereocenters. The van der Waals surface area contributed by atoms with Gasteiger partial charge in [-0.3, -0.25) is 14.8 Å². The second kappa shape index (κ2) is 6.16. The van der Waals surface area contributed by atoms with E-state index in [1.54, 1.807) is 0 Å². The van der Waals surface area contributed by atoms with E-state index in [2.05, 4.69) is 15.0 Å². The Hall–Kier alpha value is -2.14. The predicted molar refractivity (Wildman–Crippen MR) is 80.0 cm³/mol. The number of nitrogens with one attached hydrogen (secondary N) is 2. The first-order valence-electron chi connectivity index (χ1n) is 5.96. The Kier molecular flexibility index (Phi) is 4.61. The van der Waals surface area contributed by atoms with Gasteiger partial charge in [0.15, 0.2) is 10.8 Å². The van der Waals surface area contributed by atoms with E-state index in [1.165, 1.54) is 24.3 Å². The third kappa shape index (κ3) is 4.93. The third-order valence-corrected chi connectivity index (χ3v) is 3.81. The molecule has 2 N–H and O–H groups in total. The van der Waals surface area contributed by atoms with Crippen LogP contribution in [0.3, 0.4) is 0 Å². The highest BCUT2D eigenvalue weighted by Crippen LogP contribution is 2.31. The molecule has 0 saturated carbocycles. The summed E-state index contributed by atoms with van der Waals surface area (Å²) in [6, 6.07) is 5.52. The molecule has 6 nitrogen and oxygen atoms in total. The van der Waals surface area contributed by atoms with Crippen molar-refractivity contribution < 1.29 is 26.4 Å². The molecule has 1 aromatic carbocycles. The summed E-state index contributed by atoms with van der Waals surface area (Å²) in [6.45, 7) is 0. The lowest BCUT2D eigenvalue weighted by molar-refractivity contribution is -0.140. The van der Waals surface area contributed by atoms with Gasteiger partial charge in [0, 0.05) is 16.6 Å². The molecule has 0 fully saturated rings. The van der Waals surface area contributed by atoms with Gasteiger partial charge in [0.05, 0.1) is 6.26 Å². The van der Waals surface area contributed by atoms with Crippen molar-refractivity contribution in [3.05, 3.63) is 40.9 Å². The van der Waals surface area contributed by atoms with Crippen molar-refractivity contribution in [1.82, 2.24) is 4.98 Å². The fourth-order valence-electron chi connectivity index (χ4n) is 1.57. The van der Waals surface area contributed by atoms with Crippen LogP contribution in [0.25, 0.3) is 0 Å². The molecule has 1 amide bonds. The highest BCUT2D eigenvalue weighted by Gasteiger charge is 2.33. The maximum atomic E-state index is 12.4. The monoisotopic (exact) mass is 365 g/mol. The number of nitrogens with zero attached hydrogens (tertiary/aromatic N) is 1. The summed E-state index contributed by atoms with van der Waals surface area (Å²) in [5.74, 6) is -0.703. The molecule has 0 bridgehead atoms. The van der Waals surface area contributed by atoms with E-state index in [0.717, 1.165) is 11.6 Å². The van der Waals surface area contributed by atoms with Gasteiger partial charge in [-0.25, -0.2) is 13.4 Å². The van der Waals surface area contributed by atoms with Gasteiger partial charge in [0.25, 0.3) is 5.91 Å². The van der Waals surface area contributed by atoms with E-state index in [0.29, 0.717) is 11.3 Å². The molecule has 0 aliphatic rings. The number of thiazole rings is 1. The van der Waals surface area contributed by atoms with Crippen LogP contribution in [-0.2, 0) is 16.2 Å². The zero-order chi connectivity index (χ0) is 17.3. The molecular weight excluding hydrogens is 355 g/mol. The molecule has 0 radical (unpaired) electrons. The van der Waals surface area contributed by atoms with Crippen LogP contribution < -0.4 is 10.0 Å². The summed E-state index contributed by atoms with van der Waals surface area (Å²) in [5, 5.41) is 2.82. The number of amides is 1. The number of carbonyl (C=O) groups excluding carboxylic acids is 1. The molecule has 0 aliphatic carbocycles. The Morgan fingerprint density at radius 3 is 2.57 bits per heavy atom. The van der Waals surface area contributed by atoms with Crippen LogP contribution in [0.4, 0.5) is 24.0 Å². The lowest BCUT2D eigenvalue weighted by Crippen LogP contribution is -2.14. The lowest BCUT2D eigenvalue weighted by Gasteiger charge is -2.06. The molecule has 11 heteroatoms. The van der Waals surface area contributed by atoms with Crippen LogP contribution in [0.5, 0.6) is 0 Å². The fourth-order valence-corrected chi connectivity index (χ4v) is 2.84. The second-order valence-electron chi connectivity index (χ2n) is 4.44. The van der Waals surface area contributed by atoms with Crippen molar-refractivity contribution in [2.24, 2.45) is 0 Å². The molecular formula is C12H10F3N3O3S2. The second-order valence-corrected chi connectivity index (χ2v) is 7.05. The largest absolute Gasteiger partial charge is 0.434 e. The minimum atomic E-state index is -4.58. The number of halogens is 3. The number of rotatable bonds is 4. The highest BCUT2D eigenvalue weighted by atomic mass is 32.2.